The van der Waals surface area contributed by atoms with Crippen LogP contribution in [0.15, 0.2) is 65.9 Å². The average Bonchev–Trinajstić information content (AvgIpc) is 3.07. The van der Waals surface area contributed by atoms with E-state index in [1.807, 2.05) is 13.0 Å². The summed E-state index contributed by atoms with van der Waals surface area (Å²) < 4.78 is 27.5. The van der Waals surface area contributed by atoms with Gasteiger partial charge in [0.2, 0.25) is 5.95 Å². The van der Waals surface area contributed by atoms with Crippen molar-refractivity contribution in [3.8, 4) is 6.07 Å². The number of aromatic nitrogens is 2. The van der Waals surface area contributed by atoms with Crippen molar-refractivity contribution in [3.63, 3.8) is 0 Å². The van der Waals surface area contributed by atoms with Crippen LogP contribution in [-0.4, -0.2) is 21.8 Å². The Morgan fingerprint density at radius 2 is 1.75 bits per heavy atom. The molecule has 1 aliphatic heterocycles. The van der Waals surface area contributed by atoms with Crippen molar-refractivity contribution >= 4 is 5.84 Å². The Bertz CT molecular complexity index is 1100. The second-order valence-corrected chi connectivity index (χ2v) is 6.51. The molecular formula is C21H15F2N5. The van der Waals surface area contributed by atoms with Crippen LogP contribution in [0.2, 0.25) is 0 Å². The van der Waals surface area contributed by atoms with E-state index in [-0.39, 0.29) is 17.6 Å². The molecule has 0 bridgehead atoms. The molecule has 5 nitrogen and oxygen atoms in total. The molecule has 7 heteroatoms. The van der Waals surface area contributed by atoms with E-state index in [4.69, 9.17) is 10.3 Å². The van der Waals surface area contributed by atoms with Crippen molar-refractivity contribution in [1.29, 1.82) is 5.26 Å². The van der Waals surface area contributed by atoms with Crippen molar-refractivity contribution in [2.24, 2.45) is 4.99 Å². The molecule has 0 saturated heterocycles. The quantitative estimate of drug-likeness (QED) is 0.713. The third-order valence-electron chi connectivity index (χ3n) is 4.87. The molecule has 0 radical (unpaired) electrons. The van der Waals surface area contributed by atoms with Crippen LogP contribution in [0.25, 0.3) is 0 Å². The molecule has 3 aromatic rings. The van der Waals surface area contributed by atoms with Crippen LogP contribution in [0.3, 0.4) is 0 Å². The van der Waals surface area contributed by atoms with Gasteiger partial charge in [-0.15, -0.1) is 0 Å². The van der Waals surface area contributed by atoms with E-state index in [1.54, 1.807) is 30.3 Å². The number of amidine groups is 1. The second-order valence-electron chi connectivity index (χ2n) is 6.51. The molecule has 2 aromatic heterocycles. The summed E-state index contributed by atoms with van der Waals surface area (Å²) in [6.07, 6.45) is 2.92. The molecule has 0 fully saturated rings. The van der Waals surface area contributed by atoms with Gasteiger partial charge in [0, 0.05) is 18.0 Å². The van der Waals surface area contributed by atoms with Gasteiger partial charge in [-0.2, -0.15) is 9.65 Å². The van der Waals surface area contributed by atoms with Crippen molar-refractivity contribution in [1.82, 2.24) is 15.3 Å². The average molecular weight is 375 g/mol. The van der Waals surface area contributed by atoms with Crippen molar-refractivity contribution in [2.45, 2.75) is 18.5 Å². The summed E-state index contributed by atoms with van der Waals surface area (Å²) in [7, 11) is 0. The van der Waals surface area contributed by atoms with Crippen molar-refractivity contribution in [3.05, 3.63) is 95.1 Å². The Kier molecular flexibility index (Phi) is 4.32. The topological polar surface area (TPSA) is 74.0 Å². The first-order chi connectivity index (χ1) is 13.5. The predicted molar refractivity (Wildman–Crippen MR) is 99.5 cm³/mol. The molecule has 1 aromatic carbocycles. The highest BCUT2D eigenvalue weighted by molar-refractivity contribution is 6.01. The number of hydrogen-bond donors (Lipinski definition) is 1. The van der Waals surface area contributed by atoms with Crippen LogP contribution in [0, 0.1) is 23.1 Å². The lowest BCUT2D eigenvalue weighted by atomic mass is 9.79. The molecule has 0 saturated carbocycles. The van der Waals surface area contributed by atoms with Gasteiger partial charge in [-0.05, 0) is 54.4 Å². The first-order valence-corrected chi connectivity index (χ1v) is 8.64. The number of halogens is 2. The second kappa shape index (κ2) is 6.82. The number of aliphatic imine (C=N–C) groups is 1. The lowest BCUT2D eigenvalue weighted by molar-refractivity contribution is 0.448. The number of pyridine rings is 2. The molecule has 0 aliphatic carbocycles. The highest BCUT2D eigenvalue weighted by atomic mass is 19.1. The summed E-state index contributed by atoms with van der Waals surface area (Å²) in [4.78, 5) is 12.5. The summed E-state index contributed by atoms with van der Waals surface area (Å²) in [6, 6.07) is 14.1. The molecule has 0 amide bonds. The molecule has 138 valence electrons. The van der Waals surface area contributed by atoms with E-state index in [1.165, 1.54) is 30.6 Å². The number of nitrogens with one attached hydrogen (secondary N) is 1. The summed E-state index contributed by atoms with van der Waals surface area (Å²) in [5.74, 6) is -0.436. The van der Waals surface area contributed by atoms with Crippen LogP contribution in [0.4, 0.5) is 8.78 Å². The minimum atomic E-state index is -0.983. The molecular weight excluding hydrogens is 360 g/mol. The number of nitriles is 1. The monoisotopic (exact) mass is 375 g/mol. The number of rotatable bonds is 3. The Balaban J connectivity index is 1.93. The van der Waals surface area contributed by atoms with Crippen molar-refractivity contribution < 1.29 is 8.78 Å². The minimum absolute atomic E-state index is 0.267. The zero-order valence-corrected chi connectivity index (χ0v) is 14.9. The maximum atomic E-state index is 13.9. The van der Waals surface area contributed by atoms with Gasteiger partial charge in [0.25, 0.3) is 0 Å². The van der Waals surface area contributed by atoms with Gasteiger partial charge in [0.1, 0.15) is 29.0 Å². The summed E-state index contributed by atoms with van der Waals surface area (Å²) in [6.45, 7) is 1.92. The van der Waals surface area contributed by atoms with Gasteiger partial charge in [0.05, 0.1) is 6.04 Å². The highest BCUT2D eigenvalue weighted by Crippen LogP contribution is 2.41. The van der Waals surface area contributed by atoms with Crippen molar-refractivity contribution in [2.75, 3.05) is 0 Å². The van der Waals surface area contributed by atoms with E-state index >= 15 is 0 Å². The van der Waals surface area contributed by atoms with Gasteiger partial charge in [-0.1, -0.05) is 12.1 Å². The number of hydrogen-bond acceptors (Lipinski definition) is 5. The van der Waals surface area contributed by atoms with E-state index in [0.717, 1.165) is 0 Å². The lowest BCUT2D eigenvalue weighted by Gasteiger charge is -2.31. The predicted octanol–water partition coefficient (Wildman–Crippen LogP) is 3.31. The maximum Gasteiger partial charge on any atom is 0.213 e. The number of nitrogens with zero attached hydrogens (tertiary/aromatic N) is 4. The van der Waals surface area contributed by atoms with E-state index < -0.39 is 11.5 Å². The zero-order valence-electron chi connectivity index (χ0n) is 14.9. The van der Waals surface area contributed by atoms with Crippen LogP contribution in [-0.2, 0) is 5.54 Å². The van der Waals surface area contributed by atoms with E-state index in [2.05, 4.69) is 15.3 Å². The molecule has 1 aliphatic rings. The first-order valence-electron chi connectivity index (χ1n) is 8.64. The van der Waals surface area contributed by atoms with E-state index in [0.29, 0.717) is 22.5 Å². The first kappa shape index (κ1) is 17.7. The third kappa shape index (κ3) is 2.89. The molecule has 4 rings (SSSR count). The molecule has 3 heterocycles. The fraction of sp³-hybridized carbons (Fsp3) is 0.143. The van der Waals surface area contributed by atoms with Gasteiger partial charge >= 0.3 is 0 Å². The molecule has 2 atom stereocenters. The highest BCUT2D eigenvalue weighted by Gasteiger charge is 2.45. The smallest absolute Gasteiger partial charge is 0.213 e. The lowest BCUT2D eigenvalue weighted by Crippen LogP contribution is -2.41. The summed E-state index contributed by atoms with van der Waals surface area (Å²) in [5, 5.41) is 12.4. The molecule has 0 spiro atoms. The Labute approximate surface area is 160 Å². The Morgan fingerprint density at radius 1 is 1.00 bits per heavy atom. The minimum Gasteiger partial charge on any atom is -0.364 e. The molecule has 1 N–H and O–H groups in total. The molecule has 0 unspecified atom stereocenters. The molecule has 28 heavy (non-hydrogen) atoms. The normalized spacial score (nSPS) is 20.9. The van der Waals surface area contributed by atoms with Crippen LogP contribution in [0.5, 0.6) is 0 Å². The summed E-state index contributed by atoms with van der Waals surface area (Å²) >= 11 is 0. The van der Waals surface area contributed by atoms with Gasteiger partial charge in [-0.25, -0.2) is 19.4 Å². The van der Waals surface area contributed by atoms with Gasteiger partial charge in [0.15, 0.2) is 0 Å². The van der Waals surface area contributed by atoms with Crippen LogP contribution < -0.4 is 5.32 Å². The third-order valence-corrected chi connectivity index (χ3v) is 4.87. The van der Waals surface area contributed by atoms with Crippen LogP contribution >= 0.6 is 0 Å². The van der Waals surface area contributed by atoms with Gasteiger partial charge < -0.3 is 5.32 Å². The zero-order chi connectivity index (χ0) is 19.7. The largest absolute Gasteiger partial charge is 0.364 e. The van der Waals surface area contributed by atoms with Crippen LogP contribution in [0.1, 0.15) is 29.3 Å². The Morgan fingerprint density at radius 3 is 2.46 bits per heavy atom. The maximum absolute atomic E-state index is 13.9. The standard InChI is InChI=1S/C21H15F2N5/c1-13-21(15-2-4-17(22)5-3-15,16-7-9-26-19(23)11-16)28-20(27-13)14-6-8-25-18(10-14)12-24/h2-11,13H,1H3,(H,27,28)/t13-,21+/m0/s1. The van der Waals surface area contributed by atoms with E-state index in [9.17, 15) is 8.78 Å². The Hall–Kier alpha value is -3.66. The fourth-order valence-electron chi connectivity index (χ4n) is 3.54. The fourth-order valence-corrected chi connectivity index (χ4v) is 3.54. The van der Waals surface area contributed by atoms with Gasteiger partial charge in [-0.3, -0.25) is 0 Å². The number of benzene rings is 1. The summed E-state index contributed by atoms with van der Waals surface area (Å²) in [5.41, 5.74) is 1.28. The SMILES string of the molecule is C[C@@H]1NC(c2ccnc(C#N)c2)=N[C@]1(c1ccc(F)cc1)c1ccnc(F)c1.